The van der Waals surface area contributed by atoms with Gasteiger partial charge in [0.15, 0.2) is 0 Å². The molecule has 1 saturated carbocycles. The summed E-state index contributed by atoms with van der Waals surface area (Å²) in [6.45, 7) is 0.753. The van der Waals surface area contributed by atoms with E-state index in [1.807, 2.05) is 11.9 Å². The second kappa shape index (κ2) is 6.66. The fourth-order valence-electron chi connectivity index (χ4n) is 2.11. The third-order valence-corrected chi connectivity index (χ3v) is 4.37. The van der Waals surface area contributed by atoms with Gasteiger partial charge in [-0.25, -0.2) is 9.97 Å². The number of halogens is 2. The Bertz CT molecular complexity index is 465. The van der Waals surface area contributed by atoms with E-state index in [-0.39, 0.29) is 17.1 Å². The average molecular weight is 347 g/mol. The fourth-order valence-corrected chi connectivity index (χ4v) is 2.65. The number of nitrogens with zero attached hydrogens (tertiary/aromatic N) is 3. The highest BCUT2D eigenvalue weighted by Gasteiger charge is 2.27. The number of rotatable bonds is 5. The van der Waals surface area contributed by atoms with Gasteiger partial charge in [-0.2, -0.15) is 0 Å². The molecule has 0 unspecified atom stereocenters. The first-order valence-corrected chi connectivity index (χ1v) is 7.67. The van der Waals surface area contributed by atoms with Crippen molar-refractivity contribution in [2.75, 3.05) is 13.6 Å². The van der Waals surface area contributed by atoms with Crippen LogP contribution in [0.3, 0.4) is 0 Å². The molecular formula is C13H17BrClN3O. The van der Waals surface area contributed by atoms with E-state index in [0.717, 1.165) is 42.4 Å². The molecule has 0 aliphatic heterocycles. The van der Waals surface area contributed by atoms with E-state index in [9.17, 15) is 4.79 Å². The van der Waals surface area contributed by atoms with Crippen LogP contribution in [0.2, 0.25) is 5.28 Å². The number of amides is 1. The third-order valence-electron chi connectivity index (χ3n) is 3.53. The Labute approximate surface area is 126 Å². The Morgan fingerprint density at radius 2 is 2.32 bits per heavy atom. The second-order valence-electron chi connectivity index (χ2n) is 4.92. The van der Waals surface area contributed by atoms with Crippen molar-refractivity contribution in [3.63, 3.8) is 0 Å². The maximum Gasteiger partial charge on any atom is 0.225 e. The minimum atomic E-state index is 0.261. The van der Waals surface area contributed by atoms with E-state index in [2.05, 4.69) is 25.9 Å². The Morgan fingerprint density at radius 3 is 2.95 bits per heavy atom. The van der Waals surface area contributed by atoms with E-state index in [4.69, 9.17) is 11.6 Å². The molecule has 0 atom stereocenters. The van der Waals surface area contributed by atoms with Gasteiger partial charge in [-0.15, -0.1) is 0 Å². The first-order chi connectivity index (χ1) is 9.08. The average Bonchev–Trinajstić information content (AvgIpc) is 2.31. The lowest BCUT2D eigenvalue weighted by atomic mass is 9.84. The summed E-state index contributed by atoms with van der Waals surface area (Å²) >= 11 is 9.18. The molecule has 0 radical (unpaired) electrons. The predicted octanol–water partition coefficient (Wildman–Crippen LogP) is 3.08. The van der Waals surface area contributed by atoms with Crippen molar-refractivity contribution in [2.24, 2.45) is 5.92 Å². The van der Waals surface area contributed by atoms with Crippen LogP contribution in [0.5, 0.6) is 0 Å². The van der Waals surface area contributed by atoms with E-state index in [0.29, 0.717) is 0 Å². The van der Waals surface area contributed by atoms with Crippen LogP contribution in [0.25, 0.3) is 0 Å². The molecule has 1 aliphatic rings. The van der Waals surface area contributed by atoms with Crippen molar-refractivity contribution < 1.29 is 4.79 Å². The van der Waals surface area contributed by atoms with Gasteiger partial charge in [0.05, 0.1) is 10.2 Å². The van der Waals surface area contributed by atoms with Crippen LogP contribution in [0.4, 0.5) is 0 Å². The van der Waals surface area contributed by atoms with Gasteiger partial charge in [0.1, 0.15) is 0 Å². The number of aryl methyl sites for hydroxylation is 1. The Balaban J connectivity index is 1.79. The summed E-state index contributed by atoms with van der Waals surface area (Å²) in [5, 5.41) is 0.261. The van der Waals surface area contributed by atoms with Crippen LogP contribution in [0, 0.1) is 5.92 Å². The van der Waals surface area contributed by atoms with Crippen LogP contribution >= 0.6 is 27.5 Å². The first-order valence-electron chi connectivity index (χ1n) is 6.50. The summed E-state index contributed by atoms with van der Waals surface area (Å²) in [5.41, 5.74) is 0.893. The molecule has 0 bridgehead atoms. The summed E-state index contributed by atoms with van der Waals surface area (Å²) in [6.07, 6.45) is 6.61. The number of carbonyl (C=O) groups is 1. The minimum absolute atomic E-state index is 0.261. The molecule has 0 aromatic carbocycles. The van der Waals surface area contributed by atoms with Gasteiger partial charge in [0, 0.05) is 25.7 Å². The Morgan fingerprint density at radius 1 is 1.58 bits per heavy atom. The maximum absolute atomic E-state index is 12.0. The van der Waals surface area contributed by atoms with Crippen molar-refractivity contribution in [2.45, 2.75) is 32.1 Å². The molecule has 0 spiro atoms. The van der Waals surface area contributed by atoms with Gasteiger partial charge in [0.25, 0.3) is 0 Å². The van der Waals surface area contributed by atoms with Crippen molar-refractivity contribution in [1.82, 2.24) is 14.9 Å². The van der Waals surface area contributed by atoms with E-state index >= 15 is 0 Å². The van der Waals surface area contributed by atoms with Crippen molar-refractivity contribution in [1.29, 1.82) is 0 Å². The summed E-state index contributed by atoms with van der Waals surface area (Å²) in [6, 6.07) is 0. The highest BCUT2D eigenvalue weighted by Crippen LogP contribution is 2.28. The van der Waals surface area contributed by atoms with Crippen molar-refractivity contribution >= 4 is 33.4 Å². The maximum atomic E-state index is 12.0. The molecule has 1 heterocycles. The molecule has 104 valence electrons. The fraction of sp³-hybridized carbons (Fsp3) is 0.615. The molecule has 1 aliphatic carbocycles. The number of hydrogen-bond donors (Lipinski definition) is 0. The molecular weight excluding hydrogens is 330 g/mol. The van der Waals surface area contributed by atoms with Gasteiger partial charge < -0.3 is 4.90 Å². The predicted molar refractivity (Wildman–Crippen MR) is 78.0 cm³/mol. The van der Waals surface area contributed by atoms with E-state index in [1.165, 1.54) is 6.42 Å². The lowest BCUT2D eigenvalue weighted by molar-refractivity contribution is -0.136. The summed E-state index contributed by atoms with van der Waals surface area (Å²) in [4.78, 5) is 21.9. The molecule has 1 fully saturated rings. The zero-order valence-electron chi connectivity index (χ0n) is 10.9. The van der Waals surface area contributed by atoms with Crippen LogP contribution in [0.15, 0.2) is 10.7 Å². The van der Waals surface area contributed by atoms with E-state index in [1.54, 1.807) is 6.20 Å². The molecule has 6 heteroatoms. The first kappa shape index (κ1) is 14.7. The van der Waals surface area contributed by atoms with Crippen LogP contribution in [-0.2, 0) is 11.2 Å². The van der Waals surface area contributed by atoms with Crippen LogP contribution in [0.1, 0.15) is 31.4 Å². The highest BCUT2D eigenvalue weighted by molar-refractivity contribution is 9.10. The topological polar surface area (TPSA) is 46.1 Å². The minimum Gasteiger partial charge on any atom is -0.346 e. The van der Waals surface area contributed by atoms with Crippen LogP contribution in [-0.4, -0.2) is 34.4 Å². The van der Waals surface area contributed by atoms with E-state index < -0.39 is 0 Å². The van der Waals surface area contributed by atoms with Crippen molar-refractivity contribution in [3.8, 4) is 0 Å². The van der Waals surface area contributed by atoms with Crippen LogP contribution < -0.4 is 0 Å². The molecule has 2 rings (SSSR count). The molecule has 4 nitrogen and oxygen atoms in total. The molecule has 19 heavy (non-hydrogen) atoms. The standard InChI is InChI=1S/C13H17BrClN3O/c1-18(12(19)9-4-2-5-9)7-3-6-11-10(14)8-16-13(15)17-11/h8-9H,2-7H2,1H3. The normalized spacial score (nSPS) is 15.1. The molecule has 1 amide bonds. The second-order valence-corrected chi connectivity index (χ2v) is 6.12. The quantitative estimate of drug-likeness (QED) is 0.770. The number of aromatic nitrogens is 2. The van der Waals surface area contributed by atoms with Gasteiger partial charge in [-0.05, 0) is 53.2 Å². The summed E-state index contributed by atoms with van der Waals surface area (Å²) < 4.78 is 0.866. The van der Waals surface area contributed by atoms with Gasteiger partial charge in [-0.3, -0.25) is 4.79 Å². The smallest absolute Gasteiger partial charge is 0.225 e. The van der Waals surface area contributed by atoms with Gasteiger partial charge >= 0.3 is 0 Å². The summed E-state index contributed by atoms with van der Waals surface area (Å²) in [5.74, 6) is 0.552. The molecule has 0 saturated heterocycles. The number of hydrogen-bond acceptors (Lipinski definition) is 3. The molecule has 1 aromatic rings. The van der Waals surface area contributed by atoms with Gasteiger partial charge in [-0.1, -0.05) is 6.42 Å². The lowest BCUT2D eigenvalue weighted by Crippen LogP contribution is -2.36. The lowest BCUT2D eigenvalue weighted by Gasteiger charge is -2.29. The Hall–Kier alpha value is -0.680. The Kier molecular flexibility index (Phi) is 5.16. The van der Waals surface area contributed by atoms with Gasteiger partial charge in [0.2, 0.25) is 11.2 Å². The monoisotopic (exact) mass is 345 g/mol. The van der Waals surface area contributed by atoms with Crippen molar-refractivity contribution in [3.05, 3.63) is 21.6 Å². The summed E-state index contributed by atoms with van der Waals surface area (Å²) in [7, 11) is 1.88. The molecule has 0 N–H and O–H groups in total. The highest BCUT2D eigenvalue weighted by atomic mass is 79.9. The SMILES string of the molecule is CN(CCCc1nc(Cl)ncc1Br)C(=O)C1CCC1. The zero-order valence-corrected chi connectivity index (χ0v) is 13.2. The number of carbonyl (C=O) groups excluding carboxylic acids is 1. The third kappa shape index (κ3) is 3.89. The largest absolute Gasteiger partial charge is 0.346 e. The zero-order chi connectivity index (χ0) is 13.8. The molecule has 1 aromatic heterocycles.